The maximum atomic E-state index is 13.1. The van der Waals surface area contributed by atoms with Gasteiger partial charge in [0.25, 0.3) is 5.91 Å². The lowest BCUT2D eigenvalue weighted by Crippen LogP contribution is -2.39. The van der Waals surface area contributed by atoms with E-state index in [0.29, 0.717) is 30.4 Å². The summed E-state index contributed by atoms with van der Waals surface area (Å²) in [5.74, 6) is 0.460. The third-order valence-electron chi connectivity index (χ3n) is 6.95. The van der Waals surface area contributed by atoms with E-state index in [-0.39, 0.29) is 17.9 Å². The molecule has 0 saturated carbocycles. The molecule has 5 rings (SSSR count). The van der Waals surface area contributed by atoms with Crippen LogP contribution < -0.4 is 10.6 Å². The average molecular weight is 537 g/mol. The number of aromatic nitrogens is 3. The molecule has 0 spiro atoms. The molecule has 1 aliphatic rings. The van der Waals surface area contributed by atoms with Gasteiger partial charge in [0, 0.05) is 60.1 Å². The van der Waals surface area contributed by atoms with Crippen LogP contribution in [0.3, 0.4) is 0 Å². The summed E-state index contributed by atoms with van der Waals surface area (Å²) in [4.78, 5) is 40.1. The lowest BCUT2D eigenvalue weighted by Gasteiger charge is -2.32. The van der Waals surface area contributed by atoms with Crippen molar-refractivity contribution in [2.75, 3.05) is 30.3 Å². The first kappa shape index (κ1) is 26.8. The highest BCUT2D eigenvalue weighted by atomic mass is 16.6. The molecule has 2 aromatic heterocycles. The number of nitrogens with one attached hydrogen (secondary N) is 2. The molecule has 3 heterocycles. The number of rotatable bonds is 7. The number of piperidine rings is 1. The fraction of sp³-hybridized carbons (Fsp3) is 0.258. The molecule has 2 aromatic carbocycles. The Morgan fingerprint density at radius 1 is 1.07 bits per heavy atom. The zero-order chi connectivity index (χ0) is 27.9. The number of aryl methyl sites for hydroxylation is 1. The molecule has 1 unspecified atom stereocenters. The first-order valence-corrected chi connectivity index (χ1v) is 13.4. The van der Waals surface area contributed by atoms with Gasteiger partial charge in [-0.15, -0.1) is 0 Å². The van der Waals surface area contributed by atoms with Crippen LogP contribution in [0.1, 0.15) is 47.2 Å². The van der Waals surface area contributed by atoms with Crippen molar-refractivity contribution in [2.24, 2.45) is 0 Å². The van der Waals surface area contributed by atoms with Gasteiger partial charge in [0.2, 0.25) is 5.95 Å². The van der Waals surface area contributed by atoms with Gasteiger partial charge in [-0.05, 0) is 80.3 Å². The van der Waals surface area contributed by atoms with E-state index >= 15 is 0 Å². The minimum absolute atomic E-state index is 0.216. The second-order valence-electron chi connectivity index (χ2n) is 9.72. The molecule has 2 amide bonds. The van der Waals surface area contributed by atoms with E-state index in [1.807, 2.05) is 62.4 Å². The Labute approximate surface area is 233 Å². The van der Waals surface area contributed by atoms with Crippen LogP contribution >= 0.6 is 0 Å². The molecule has 0 bridgehead atoms. The van der Waals surface area contributed by atoms with Crippen LogP contribution in [0.15, 0.2) is 79.3 Å². The summed E-state index contributed by atoms with van der Waals surface area (Å²) in [5.41, 5.74) is 5.70. The van der Waals surface area contributed by atoms with E-state index in [1.165, 1.54) is 0 Å². The third-order valence-corrected chi connectivity index (χ3v) is 6.95. The van der Waals surface area contributed by atoms with Crippen LogP contribution in [0.2, 0.25) is 0 Å². The quantitative estimate of drug-likeness (QED) is 0.290. The molecule has 2 N–H and O–H groups in total. The second-order valence-corrected chi connectivity index (χ2v) is 9.72. The Hall–Kier alpha value is -4.79. The van der Waals surface area contributed by atoms with Crippen LogP contribution in [-0.2, 0) is 4.74 Å². The number of carbonyl (C=O) groups excluding carboxylic acids is 2. The topological polar surface area (TPSA) is 109 Å². The normalized spacial score (nSPS) is 14.8. The Balaban J connectivity index is 1.24. The number of hydrogen-bond donors (Lipinski definition) is 2. The van der Waals surface area contributed by atoms with Gasteiger partial charge in [-0.3, -0.25) is 9.78 Å². The van der Waals surface area contributed by atoms with Crippen molar-refractivity contribution in [1.29, 1.82) is 0 Å². The molecule has 4 aromatic rings. The summed E-state index contributed by atoms with van der Waals surface area (Å²) in [6.07, 6.45) is 6.85. The molecule has 1 aliphatic heterocycles. The van der Waals surface area contributed by atoms with Crippen molar-refractivity contribution in [3.05, 3.63) is 95.9 Å². The maximum absolute atomic E-state index is 13.1. The number of anilines is 3. The van der Waals surface area contributed by atoms with Gasteiger partial charge >= 0.3 is 6.09 Å². The molecular weight excluding hydrogens is 504 g/mol. The molecule has 0 aliphatic carbocycles. The highest BCUT2D eigenvalue weighted by Gasteiger charge is 2.25. The van der Waals surface area contributed by atoms with E-state index in [1.54, 1.807) is 35.6 Å². The lowest BCUT2D eigenvalue weighted by molar-refractivity contribution is 0.0957. The van der Waals surface area contributed by atoms with E-state index in [4.69, 9.17) is 4.74 Å². The van der Waals surface area contributed by atoms with Crippen LogP contribution in [0.4, 0.5) is 22.1 Å². The number of amides is 2. The van der Waals surface area contributed by atoms with E-state index < -0.39 is 0 Å². The molecule has 40 heavy (non-hydrogen) atoms. The molecule has 1 fully saturated rings. The van der Waals surface area contributed by atoms with Gasteiger partial charge in [-0.25, -0.2) is 14.8 Å². The predicted molar refractivity (Wildman–Crippen MR) is 155 cm³/mol. The summed E-state index contributed by atoms with van der Waals surface area (Å²) in [6, 6.07) is 19.0. The number of pyridine rings is 1. The maximum Gasteiger partial charge on any atom is 0.409 e. The zero-order valence-electron chi connectivity index (χ0n) is 22.6. The number of hydrogen-bond acceptors (Lipinski definition) is 7. The highest BCUT2D eigenvalue weighted by Crippen LogP contribution is 2.29. The molecular formula is C31H32N6O3. The molecule has 9 heteroatoms. The summed E-state index contributed by atoms with van der Waals surface area (Å²) in [5, 5.41) is 6.23. The minimum atomic E-state index is -0.254. The summed E-state index contributed by atoms with van der Waals surface area (Å²) in [6.45, 7) is 5.51. The second kappa shape index (κ2) is 12.4. The fourth-order valence-electron chi connectivity index (χ4n) is 4.78. The van der Waals surface area contributed by atoms with Crippen molar-refractivity contribution in [3.8, 4) is 11.3 Å². The van der Waals surface area contributed by atoms with Crippen molar-refractivity contribution in [3.63, 3.8) is 0 Å². The molecule has 204 valence electrons. The Bertz CT molecular complexity index is 1480. The largest absolute Gasteiger partial charge is 0.450 e. The standard InChI is InChI=1S/C31H32N6O3/c1-3-40-31(39)37-17-5-7-25(20-37)22-10-12-26(13-11-22)34-29(38)23-9-8-21(2)28(18-23)36-30-33-16-14-27(35-30)24-6-4-15-32-19-24/h4,6,8-16,18-19,25H,3,5,7,17,20H2,1-2H3,(H,34,38)(H,33,35,36). The summed E-state index contributed by atoms with van der Waals surface area (Å²) in [7, 11) is 0. The van der Waals surface area contributed by atoms with Crippen LogP contribution in [0.25, 0.3) is 11.3 Å². The SMILES string of the molecule is CCOC(=O)N1CCCC(c2ccc(NC(=O)c3ccc(C)c(Nc4nccc(-c5cccnc5)n4)c3)cc2)C1. The summed E-state index contributed by atoms with van der Waals surface area (Å²) >= 11 is 0. The Morgan fingerprint density at radius 3 is 2.70 bits per heavy atom. The lowest BCUT2D eigenvalue weighted by atomic mass is 9.90. The number of likely N-dealkylation sites (tertiary alicyclic amines) is 1. The molecule has 0 radical (unpaired) electrons. The first-order valence-electron chi connectivity index (χ1n) is 13.4. The highest BCUT2D eigenvalue weighted by molar-refractivity contribution is 6.05. The molecule has 1 atom stereocenters. The number of nitrogens with zero attached hydrogens (tertiary/aromatic N) is 4. The average Bonchev–Trinajstić information content (AvgIpc) is 2.99. The Morgan fingerprint density at radius 2 is 1.93 bits per heavy atom. The monoisotopic (exact) mass is 536 g/mol. The molecule has 9 nitrogen and oxygen atoms in total. The van der Waals surface area contributed by atoms with Crippen molar-refractivity contribution in [1.82, 2.24) is 19.9 Å². The van der Waals surface area contributed by atoms with Gasteiger partial charge < -0.3 is 20.3 Å². The Kier molecular flexibility index (Phi) is 8.29. The number of benzene rings is 2. The predicted octanol–water partition coefficient (Wildman–Crippen LogP) is 6.18. The van der Waals surface area contributed by atoms with Gasteiger partial charge in [-0.1, -0.05) is 18.2 Å². The van der Waals surface area contributed by atoms with Gasteiger partial charge in [0.05, 0.1) is 12.3 Å². The van der Waals surface area contributed by atoms with Crippen molar-refractivity contribution >= 4 is 29.3 Å². The van der Waals surface area contributed by atoms with E-state index in [2.05, 4.69) is 25.6 Å². The van der Waals surface area contributed by atoms with Crippen LogP contribution in [-0.4, -0.2) is 51.5 Å². The van der Waals surface area contributed by atoms with Gasteiger partial charge in [0.15, 0.2) is 0 Å². The zero-order valence-corrected chi connectivity index (χ0v) is 22.6. The van der Waals surface area contributed by atoms with Crippen LogP contribution in [0.5, 0.6) is 0 Å². The van der Waals surface area contributed by atoms with Crippen molar-refractivity contribution < 1.29 is 14.3 Å². The van der Waals surface area contributed by atoms with E-state index in [9.17, 15) is 9.59 Å². The van der Waals surface area contributed by atoms with Crippen molar-refractivity contribution in [2.45, 2.75) is 32.6 Å². The van der Waals surface area contributed by atoms with Gasteiger partial charge in [0.1, 0.15) is 0 Å². The fourth-order valence-corrected chi connectivity index (χ4v) is 4.78. The summed E-state index contributed by atoms with van der Waals surface area (Å²) < 4.78 is 5.17. The van der Waals surface area contributed by atoms with Crippen LogP contribution in [0, 0.1) is 6.92 Å². The molecule has 1 saturated heterocycles. The van der Waals surface area contributed by atoms with E-state index in [0.717, 1.165) is 47.5 Å². The van der Waals surface area contributed by atoms with Gasteiger partial charge in [-0.2, -0.15) is 0 Å². The number of carbonyl (C=O) groups is 2. The number of ether oxygens (including phenoxy) is 1. The third kappa shape index (κ3) is 6.43. The smallest absolute Gasteiger partial charge is 0.409 e. The first-order chi connectivity index (χ1) is 19.5. The minimum Gasteiger partial charge on any atom is -0.450 e.